The molecule has 3 nitrogen and oxygen atoms in total. The molecule has 2 aromatic carbocycles. The molecule has 0 atom stereocenters. The Hall–Kier alpha value is -2.16. The highest BCUT2D eigenvalue weighted by atomic mass is 16.6. The van der Waals surface area contributed by atoms with Gasteiger partial charge in [-0.25, -0.2) is 0 Å². The molecule has 2 N–H and O–H groups in total. The lowest BCUT2D eigenvalue weighted by atomic mass is 9.75. The highest BCUT2D eigenvalue weighted by Crippen LogP contribution is 2.59. The quantitative estimate of drug-likeness (QED) is 0.694. The topological polar surface area (TPSA) is 53.0 Å². The van der Waals surface area contributed by atoms with Crippen LogP contribution in [0.3, 0.4) is 0 Å². The Kier molecular flexibility index (Phi) is 3.08. The fourth-order valence-electron chi connectivity index (χ4n) is 3.03. The summed E-state index contributed by atoms with van der Waals surface area (Å²) in [6.07, 6.45) is 1.91. The normalized spacial score (nSPS) is 12.7. The maximum absolute atomic E-state index is 9.92. The fraction of sp³-hybridized carbons (Fsp3) is 0.333. The van der Waals surface area contributed by atoms with Crippen LogP contribution >= 0.6 is 0 Å². The molecular formula is C18H20O3. The Labute approximate surface area is 124 Å². The molecule has 1 aliphatic heterocycles. The van der Waals surface area contributed by atoms with Crippen LogP contribution < -0.4 is 4.74 Å². The first-order valence-corrected chi connectivity index (χ1v) is 7.31. The first kappa shape index (κ1) is 13.8. The molecule has 0 saturated carbocycles. The van der Waals surface area contributed by atoms with Crippen LogP contribution in [0.2, 0.25) is 0 Å². The van der Waals surface area contributed by atoms with Gasteiger partial charge in [0, 0.05) is 11.0 Å². The molecule has 0 unspecified atom stereocenters. The van der Waals surface area contributed by atoms with E-state index in [0.29, 0.717) is 5.75 Å². The molecule has 2 aromatic rings. The minimum Gasteiger partial charge on any atom is -0.508 e. The molecule has 0 bridgehead atoms. The lowest BCUT2D eigenvalue weighted by Crippen LogP contribution is -2.20. The monoisotopic (exact) mass is 284 g/mol. The Balaban J connectivity index is 2.13. The van der Waals surface area contributed by atoms with E-state index in [2.05, 4.69) is 20.8 Å². The summed E-state index contributed by atoms with van der Waals surface area (Å²) in [6, 6.07) is 9.11. The van der Waals surface area contributed by atoms with Crippen LogP contribution in [0.4, 0.5) is 0 Å². The summed E-state index contributed by atoms with van der Waals surface area (Å²) in [4.78, 5) is 0. The van der Waals surface area contributed by atoms with E-state index in [4.69, 9.17) is 4.74 Å². The molecule has 0 aliphatic carbocycles. The van der Waals surface area contributed by atoms with Crippen LogP contribution in [-0.2, 0) is 11.8 Å². The van der Waals surface area contributed by atoms with Gasteiger partial charge in [0.25, 0.3) is 0 Å². The van der Waals surface area contributed by atoms with E-state index in [1.54, 1.807) is 12.1 Å². The zero-order chi connectivity index (χ0) is 15.2. The van der Waals surface area contributed by atoms with Gasteiger partial charge in [-0.1, -0.05) is 39.3 Å². The van der Waals surface area contributed by atoms with Crippen molar-refractivity contribution < 1.29 is 14.9 Å². The van der Waals surface area contributed by atoms with E-state index in [1.807, 2.05) is 18.2 Å². The Morgan fingerprint density at radius 2 is 1.71 bits per heavy atom. The van der Waals surface area contributed by atoms with Crippen molar-refractivity contribution in [3.05, 3.63) is 47.0 Å². The maximum Gasteiger partial charge on any atom is 0.212 e. The van der Waals surface area contributed by atoms with Crippen LogP contribution in [-0.4, -0.2) is 10.2 Å². The van der Waals surface area contributed by atoms with Crippen LogP contribution in [0.5, 0.6) is 23.0 Å². The van der Waals surface area contributed by atoms with Gasteiger partial charge in [0.1, 0.15) is 5.75 Å². The summed E-state index contributed by atoms with van der Waals surface area (Å²) >= 11 is 0. The van der Waals surface area contributed by atoms with Crippen LogP contribution in [0, 0.1) is 0 Å². The van der Waals surface area contributed by atoms with Gasteiger partial charge in [0.05, 0.1) is 0 Å². The predicted molar refractivity (Wildman–Crippen MR) is 82.4 cm³/mol. The highest BCUT2D eigenvalue weighted by molar-refractivity contribution is 5.71. The maximum atomic E-state index is 9.92. The molecule has 110 valence electrons. The van der Waals surface area contributed by atoms with Crippen LogP contribution in [0.25, 0.3) is 0 Å². The van der Waals surface area contributed by atoms with E-state index < -0.39 is 0 Å². The van der Waals surface area contributed by atoms with Crippen molar-refractivity contribution in [2.45, 2.75) is 39.0 Å². The predicted octanol–water partition coefficient (Wildman–Crippen LogP) is 4.48. The molecule has 0 radical (unpaired) electrons. The number of fused-ring (bicyclic) bond motifs is 1. The second-order valence-corrected chi connectivity index (χ2v) is 6.11. The van der Waals surface area contributed by atoms with Gasteiger partial charge in [-0.2, -0.15) is 0 Å². The second-order valence-electron chi connectivity index (χ2n) is 6.11. The zero-order valence-electron chi connectivity index (χ0n) is 12.6. The van der Waals surface area contributed by atoms with Gasteiger partial charge in [-0.15, -0.1) is 0 Å². The number of phenols is 2. The first-order valence-electron chi connectivity index (χ1n) is 7.31. The Morgan fingerprint density at radius 1 is 1.05 bits per heavy atom. The molecule has 21 heavy (non-hydrogen) atoms. The number of aryl methyl sites for hydroxylation is 1. The molecule has 0 saturated heterocycles. The first-order chi connectivity index (χ1) is 9.95. The minimum absolute atomic E-state index is 0.235. The number of hydrogen-bond donors (Lipinski definition) is 2. The van der Waals surface area contributed by atoms with Gasteiger partial charge in [-0.3, -0.25) is 0 Å². The number of ether oxygens (including phenoxy) is 1. The summed E-state index contributed by atoms with van der Waals surface area (Å²) in [5.74, 6) is 1.92. The third kappa shape index (κ3) is 2.23. The van der Waals surface area contributed by atoms with Gasteiger partial charge >= 0.3 is 0 Å². The van der Waals surface area contributed by atoms with Crippen molar-refractivity contribution in [1.82, 2.24) is 0 Å². The second kappa shape index (κ2) is 4.69. The summed E-state index contributed by atoms with van der Waals surface area (Å²) in [7, 11) is 0. The van der Waals surface area contributed by atoms with Gasteiger partial charge < -0.3 is 14.9 Å². The van der Waals surface area contributed by atoms with Crippen molar-refractivity contribution >= 4 is 0 Å². The average Bonchev–Trinajstić information content (AvgIpc) is 3.20. The molecule has 1 heterocycles. The van der Waals surface area contributed by atoms with Crippen LogP contribution in [0.1, 0.15) is 43.9 Å². The highest BCUT2D eigenvalue weighted by Gasteiger charge is 2.39. The Morgan fingerprint density at radius 3 is 2.33 bits per heavy atom. The number of aromatic hydroxyl groups is 2. The molecule has 0 spiro atoms. The number of hydrogen-bond acceptors (Lipinski definition) is 3. The third-order valence-corrected chi connectivity index (χ3v) is 4.19. The number of benzene rings is 2. The summed E-state index contributed by atoms with van der Waals surface area (Å²) in [6.45, 7) is 6.42. The van der Waals surface area contributed by atoms with Crippen molar-refractivity contribution in [1.29, 1.82) is 0 Å². The lowest BCUT2D eigenvalue weighted by molar-refractivity contribution is 0.463. The third-order valence-electron chi connectivity index (χ3n) is 4.19. The number of phenolic OH excluding ortho intramolecular Hbond substituents is 2. The SMILES string of the molecule is CCCc1cc(O)c2c(c1C(C)(C)c1ccc(O)cc1)O2. The van der Waals surface area contributed by atoms with Gasteiger partial charge in [0.15, 0.2) is 11.5 Å². The fourth-order valence-corrected chi connectivity index (χ4v) is 3.03. The molecule has 0 amide bonds. The van der Waals surface area contributed by atoms with Gasteiger partial charge in [0.2, 0.25) is 5.75 Å². The largest absolute Gasteiger partial charge is 0.508 e. The molecule has 0 fully saturated rings. The smallest absolute Gasteiger partial charge is 0.212 e. The molecular weight excluding hydrogens is 264 g/mol. The van der Waals surface area contributed by atoms with Crippen molar-refractivity contribution in [3.63, 3.8) is 0 Å². The molecule has 0 aromatic heterocycles. The molecule has 1 aliphatic rings. The van der Waals surface area contributed by atoms with E-state index >= 15 is 0 Å². The van der Waals surface area contributed by atoms with Crippen molar-refractivity contribution in [2.75, 3.05) is 0 Å². The lowest BCUT2D eigenvalue weighted by Gasteiger charge is -2.27. The standard InChI is InChI=1S/C18H20O3/c1-4-5-11-10-14(20)16-17(21-16)15(11)18(2,3)12-6-8-13(19)9-7-12/h6-10,19-20H,4-5H2,1-3H3. The Bertz CT molecular complexity index is 685. The summed E-state index contributed by atoms with van der Waals surface area (Å²) in [5, 5.41) is 19.4. The van der Waals surface area contributed by atoms with E-state index in [1.165, 1.54) is 0 Å². The molecule has 3 rings (SSSR count). The van der Waals surface area contributed by atoms with E-state index in [-0.39, 0.29) is 16.9 Å². The minimum atomic E-state index is -0.244. The van der Waals surface area contributed by atoms with E-state index in [0.717, 1.165) is 35.3 Å². The van der Waals surface area contributed by atoms with Crippen LogP contribution in [0.15, 0.2) is 30.3 Å². The van der Waals surface area contributed by atoms with E-state index in [9.17, 15) is 10.2 Å². The molecule has 3 heteroatoms. The van der Waals surface area contributed by atoms with Crippen molar-refractivity contribution in [3.8, 4) is 23.0 Å². The zero-order valence-corrected chi connectivity index (χ0v) is 12.6. The van der Waals surface area contributed by atoms with Gasteiger partial charge in [-0.05, 0) is 35.7 Å². The summed E-state index contributed by atoms with van der Waals surface area (Å²) < 4.78 is 5.52. The number of rotatable bonds is 4. The average molecular weight is 284 g/mol. The summed E-state index contributed by atoms with van der Waals surface area (Å²) in [5.41, 5.74) is 3.14. The van der Waals surface area contributed by atoms with Crippen molar-refractivity contribution in [2.24, 2.45) is 0 Å².